The van der Waals surface area contributed by atoms with Gasteiger partial charge in [0.2, 0.25) is 5.91 Å². The zero-order valence-corrected chi connectivity index (χ0v) is 16.7. The molecule has 4 nitrogen and oxygen atoms in total. The summed E-state index contributed by atoms with van der Waals surface area (Å²) in [7, 11) is 3.52. The van der Waals surface area contributed by atoms with Crippen LogP contribution in [0.1, 0.15) is 39.7 Å². The Labute approximate surface area is 153 Å². The van der Waals surface area contributed by atoms with E-state index in [9.17, 15) is 4.79 Å². The molecule has 0 aliphatic heterocycles. The van der Waals surface area contributed by atoms with Gasteiger partial charge in [-0.2, -0.15) is 0 Å². The van der Waals surface area contributed by atoms with Gasteiger partial charge in [-0.25, -0.2) is 0 Å². The van der Waals surface area contributed by atoms with Crippen molar-refractivity contribution in [2.45, 2.75) is 46.6 Å². The molecule has 0 fully saturated rings. The van der Waals surface area contributed by atoms with Crippen LogP contribution in [-0.4, -0.2) is 37.6 Å². The maximum absolute atomic E-state index is 12.8. The van der Waals surface area contributed by atoms with E-state index in [1.54, 1.807) is 12.0 Å². The van der Waals surface area contributed by atoms with Gasteiger partial charge < -0.3 is 15.4 Å². The van der Waals surface area contributed by atoms with Gasteiger partial charge in [-0.3, -0.25) is 4.79 Å². The summed E-state index contributed by atoms with van der Waals surface area (Å²) in [5.41, 5.74) is 6.66. The molecule has 0 bridgehead atoms. The highest BCUT2D eigenvalue weighted by Gasteiger charge is 2.31. The molecule has 0 saturated heterocycles. The van der Waals surface area contributed by atoms with Crippen molar-refractivity contribution >= 4 is 18.3 Å². The summed E-state index contributed by atoms with van der Waals surface area (Å²) in [5, 5.41) is 0. The third-order valence-corrected chi connectivity index (χ3v) is 4.40. The fourth-order valence-electron chi connectivity index (χ4n) is 2.70. The molecule has 0 radical (unpaired) electrons. The lowest BCUT2D eigenvalue weighted by Gasteiger charge is -2.31. The van der Waals surface area contributed by atoms with Crippen molar-refractivity contribution in [2.75, 3.05) is 20.7 Å². The van der Waals surface area contributed by atoms with Crippen LogP contribution >= 0.6 is 12.4 Å². The van der Waals surface area contributed by atoms with Crippen LogP contribution in [0.15, 0.2) is 24.3 Å². The number of carbonyl (C=O) groups excluding carboxylic acids is 1. The molecule has 1 atom stereocenters. The van der Waals surface area contributed by atoms with E-state index in [1.165, 1.54) is 0 Å². The zero-order valence-electron chi connectivity index (χ0n) is 15.8. The number of halogens is 1. The number of ether oxygens (including phenoxy) is 1. The number of hydrogen-bond donors (Lipinski definition) is 1. The van der Waals surface area contributed by atoms with E-state index in [1.807, 2.05) is 45.2 Å². The van der Waals surface area contributed by atoms with Crippen molar-refractivity contribution in [1.82, 2.24) is 4.90 Å². The van der Waals surface area contributed by atoms with Crippen LogP contribution in [0.5, 0.6) is 5.75 Å². The second-order valence-corrected chi connectivity index (χ2v) is 7.30. The van der Waals surface area contributed by atoms with Gasteiger partial charge in [-0.05, 0) is 30.4 Å². The molecule has 1 aromatic rings. The number of methoxy groups -OCH3 is 1. The van der Waals surface area contributed by atoms with E-state index < -0.39 is 5.41 Å². The average Bonchev–Trinajstić information content (AvgIpc) is 2.51. The highest BCUT2D eigenvalue weighted by Crippen LogP contribution is 2.29. The van der Waals surface area contributed by atoms with Crippen LogP contribution in [0.4, 0.5) is 0 Å². The lowest BCUT2D eigenvalue weighted by molar-refractivity contribution is -0.139. The minimum Gasteiger partial charge on any atom is -0.496 e. The predicted octanol–water partition coefficient (Wildman–Crippen LogP) is 3.52. The first-order valence-electron chi connectivity index (χ1n) is 8.32. The van der Waals surface area contributed by atoms with Gasteiger partial charge in [-0.1, -0.05) is 45.9 Å². The van der Waals surface area contributed by atoms with Crippen molar-refractivity contribution in [1.29, 1.82) is 0 Å². The van der Waals surface area contributed by atoms with Crippen molar-refractivity contribution in [2.24, 2.45) is 17.1 Å². The van der Waals surface area contributed by atoms with Gasteiger partial charge in [-0.15, -0.1) is 12.4 Å². The molecule has 1 amide bonds. The van der Waals surface area contributed by atoms with E-state index in [4.69, 9.17) is 10.5 Å². The Kier molecular flexibility index (Phi) is 9.38. The lowest BCUT2D eigenvalue weighted by Crippen LogP contribution is -2.42. The monoisotopic (exact) mass is 356 g/mol. The Morgan fingerprint density at radius 2 is 1.88 bits per heavy atom. The number of benzene rings is 1. The minimum absolute atomic E-state index is 0. The third-order valence-electron chi connectivity index (χ3n) is 4.40. The third kappa shape index (κ3) is 6.33. The molecule has 138 valence electrons. The summed E-state index contributed by atoms with van der Waals surface area (Å²) in [6.07, 6.45) is 1.47. The van der Waals surface area contributed by atoms with Gasteiger partial charge >= 0.3 is 0 Å². The van der Waals surface area contributed by atoms with Crippen LogP contribution in [0.2, 0.25) is 0 Å². The van der Waals surface area contributed by atoms with Crippen LogP contribution in [-0.2, 0) is 11.2 Å². The molecule has 0 saturated carbocycles. The topological polar surface area (TPSA) is 55.6 Å². The molecule has 1 aromatic carbocycles. The van der Waals surface area contributed by atoms with Gasteiger partial charge in [0, 0.05) is 25.0 Å². The molecule has 0 spiro atoms. The first kappa shape index (κ1) is 22.7. The summed E-state index contributed by atoms with van der Waals surface area (Å²) in [4.78, 5) is 14.6. The van der Waals surface area contributed by atoms with Gasteiger partial charge in [0.25, 0.3) is 0 Å². The fraction of sp³-hybridized carbons (Fsp3) is 0.632. The molecule has 1 unspecified atom stereocenters. The summed E-state index contributed by atoms with van der Waals surface area (Å²) >= 11 is 0. The maximum atomic E-state index is 12.8. The minimum atomic E-state index is -0.481. The summed E-state index contributed by atoms with van der Waals surface area (Å²) in [6.45, 7) is 8.88. The normalized spacial score (nSPS) is 12.5. The van der Waals surface area contributed by atoms with Crippen LogP contribution in [0, 0.1) is 11.3 Å². The molecular formula is C19H33ClN2O2. The Bertz CT molecular complexity index is 518. The quantitative estimate of drug-likeness (QED) is 0.775. The Hall–Kier alpha value is -1.26. The van der Waals surface area contributed by atoms with E-state index in [2.05, 4.69) is 13.8 Å². The molecule has 24 heavy (non-hydrogen) atoms. The second kappa shape index (κ2) is 9.90. The Morgan fingerprint density at radius 1 is 1.29 bits per heavy atom. The molecule has 0 aromatic heterocycles. The molecular weight excluding hydrogens is 324 g/mol. The molecule has 1 rings (SSSR count). The SMILES string of the molecule is COc1ccccc1CC(C)(C)C(=O)N(C)CCC(N)C(C)C.Cl. The summed E-state index contributed by atoms with van der Waals surface area (Å²) < 4.78 is 5.40. The lowest BCUT2D eigenvalue weighted by atomic mass is 9.84. The van der Waals surface area contributed by atoms with Crippen LogP contribution in [0.3, 0.4) is 0 Å². The highest BCUT2D eigenvalue weighted by molar-refractivity contribution is 5.85. The fourth-order valence-corrected chi connectivity index (χ4v) is 2.70. The molecule has 0 aliphatic carbocycles. The number of nitrogens with zero attached hydrogens (tertiary/aromatic N) is 1. The maximum Gasteiger partial charge on any atom is 0.228 e. The average molecular weight is 357 g/mol. The smallest absolute Gasteiger partial charge is 0.228 e. The first-order valence-corrected chi connectivity index (χ1v) is 8.32. The van der Waals surface area contributed by atoms with Crippen molar-refractivity contribution in [3.05, 3.63) is 29.8 Å². The Morgan fingerprint density at radius 3 is 2.42 bits per heavy atom. The van der Waals surface area contributed by atoms with E-state index in [0.29, 0.717) is 18.9 Å². The largest absolute Gasteiger partial charge is 0.496 e. The predicted molar refractivity (Wildman–Crippen MR) is 103 cm³/mol. The molecule has 0 heterocycles. The number of rotatable bonds is 8. The van der Waals surface area contributed by atoms with Gasteiger partial charge in [0.05, 0.1) is 7.11 Å². The van der Waals surface area contributed by atoms with E-state index in [-0.39, 0.29) is 24.4 Å². The van der Waals surface area contributed by atoms with Gasteiger partial charge in [0.1, 0.15) is 5.75 Å². The van der Waals surface area contributed by atoms with Gasteiger partial charge in [0.15, 0.2) is 0 Å². The first-order chi connectivity index (χ1) is 10.7. The summed E-state index contributed by atoms with van der Waals surface area (Å²) in [6, 6.07) is 7.99. The van der Waals surface area contributed by atoms with Crippen molar-refractivity contribution < 1.29 is 9.53 Å². The van der Waals surface area contributed by atoms with E-state index >= 15 is 0 Å². The molecule has 5 heteroatoms. The van der Waals surface area contributed by atoms with Crippen molar-refractivity contribution in [3.8, 4) is 5.75 Å². The number of carbonyl (C=O) groups is 1. The second-order valence-electron chi connectivity index (χ2n) is 7.30. The van der Waals surface area contributed by atoms with E-state index in [0.717, 1.165) is 17.7 Å². The zero-order chi connectivity index (χ0) is 17.6. The van der Waals surface area contributed by atoms with Crippen molar-refractivity contribution in [3.63, 3.8) is 0 Å². The molecule has 0 aliphatic rings. The van der Waals surface area contributed by atoms with Crippen LogP contribution in [0.25, 0.3) is 0 Å². The summed E-state index contributed by atoms with van der Waals surface area (Å²) in [5.74, 6) is 1.40. The Balaban J connectivity index is 0.00000529. The van der Waals surface area contributed by atoms with Crippen LogP contribution < -0.4 is 10.5 Å². The molecule has 2 N–H and O–H groups in total. The highest BCUT2D eigenvalue weighted by atomic mass is 35.5. The number of nitrogens with two attached hydrogens (primary N) is 1. The number of amides is 1. The number of para-hydroxylation sites is 1. The number of hydrogen-bond acceptors (Lipinski definition) is 3. The standard InChI is InChI=1S/C19H32N2O2.ClH/c1-14(2)16(20)11-12-21(5)18(22)19(3,4)13-15-9-7-8-10-17(15)23-6;/h7-10,14,16H,11-13,20H2,1-6H3;1H.